The summed E-state index contributed by atoms with van der Waals surface area (Å²) in [5, 5.41) is 7.71. The molecule has 1 aromatic carbocycles. The number of benzene rings is 1. The van der Waals surface area contributed by atoms with Crippen molar-refractivity contribution in [2.75, 3.05) is 6.54 Å². The summed E-state index contributed by atoms with van der Waals surface area (Å²) < 4.78 is 27.8. The van der Waals surface area contributed by atoms with Gasteiger partial charge in [-0.3, -0.25) is 9.59 Å². The molecule has 27 heavy (non-hydrogen) atoms. The van der Waals surface area contributed by atoms with E-state index in [4.69, 9.17) is 0 Å². The lowest BCUT2D eigenvalue weighted by molar-refractivity contribution is 0.0947. The van der Waals surface area contributed by atoms with Crippen LogP contribution in [0.25, 0.3) is 10.6 Å². The quantitative estimate of drug-likeness (QED) is 0.727. The lowest BCUT2D eigenvalue weighted by atomic mass is 10.2. The molecule has 2 heterocycles. The molecule has 3 rings (SSSR count). The van der Waals surface area contributed by atoms with Gasteiger partial charge in [0, 0.05) is 18.7 Å². The third kappa shape index (κ3) is 4.25. The van der Waals surface area contributed by atoms with Gasteiger partial charge in [-0.25, -0.2) is 18.4 Å². The minimum atomic E-state index is -0.944. The number of hydrogen-bond donors (Lipinski definition) is 1. The van der Waals surface area contributed by atoms with Crippen LogP contribution < -0.4 is 10.9 Å². The average Bonchev–Trinajstić information content (AvgIpc) is 2.94. The predicted molar refractivity (Wildman–Crippen MR) is 97.8 cm³/mol. The number of carbonyl (C=O) groups excluding carboxylic acids is 1. The molecule has 0 radical (unpaired) electrons. The second-order valence-corrected chi connectivity index (χ2v) is 7.01. The number of aromatic nitrogens is 3. The molecule has 0 aliphatic rings. The van der Waals surface area contributed by atoms with Crippen LogP contribution in [0, 0.1) is 25.5 Å². The van der Waals surface area contributed by atoms with E-state index in [-0.39, 0.29) is 24.2 Å². The molecule has 3 aromatic rings. The van der Waals surface area contributed by atoms with Gasteiger partial charge in [0.05, 0.1) is 27.7 Å². The Morgan fingerprint density at radius 3 is 2.67 bits per heavy atom. The SMILES string of the molecule is Cc1nc(C)c(-c2ccc(=O)n(CCNC(=O)c3ccc(F)cc3F)n2)s1. The van der Waals surface area contributed by atoms with E-state index in [9.17, 15) is 18.4 Å². The molecule has 0 bridgehead atoms. The van der Waals surface area contributed by atoms with Crippen LogP contribution in [0.5, 0.6) is 0 Å². The Bertz CT molecular complexity index is 1060. The molecule has 1 N–H and O–H groups in total. The van der Waals surface area contributed by atoms with E-state index in [0.29, 0.717) is 11.8 Å². The van der Waals surface area contributed by atoms with Gasteiger partial charge in [0.2, 0.25) is 0 Å². The maximum absolute atomic E-state index is 13.6. The minimum Gasteiger partial charge on any atom is -0.350 e. The van der Waals surface area contributed by atoms with Crippen molar-refractivity contribution < 1.29 is 13.6 Å². The van der Waals surface area contributed by atoms with Crippen molar-refractivity contribution in [2.45, 2.75) is 20.4 Å². The summed E-state index contributed by atoms with van der Waals surface area (Å²) in [6.07, 6.45) is 0. The number of carbonyl (C=O) groups is 1. The highest BCUT2D eigenvalue weighted by molar-refractivity contribution is 7.15. The van der Waals surface area contributed by atoms with Crippen molar-refractivity contribution in [3.05, 3.63) is 68.6 Å². The van der Waals surface area contributed by atoms with E-state index >= 15 is 0 Å². The first-order valence-electron chi connectivity index (χ1n) is 8.11. The molecule has 1 amide bonds. The van der Waals surface area contributed by atoms with Crippen LogP contribution >= 0.6 is 11.3 Å². The van der Waals surface area contributed by atoms with E-state index in [0.717, 1.165) is 27.7 Å². The highest BCUT2D eigenvalue weighted by atomic mass is 32.1. The Balaban J connectivity index is 1.71. The second kappa shape index (κ2) is 7.75. The van der Waals surface area contributed by atoms with Crippen molar-refractivity contribution in [1.82, 2.24) is 20.1 Å². The van der Waals surface area contributed by atoms with Crippen LogP contribution in [0.15, 0.2) is 35.1 Å². The minimum absolute atomic E-state index is 0.0622. The Morgan fingerprint density at radius 2 is 2.00 bits per heavy atom. The number of nitrogens with one attached hydrogen (secondary N) is 1. The standard InChI is InChI=1S/C18H16F2N4O2S/c1-10-17(27-11(2)22-10)15-5-6-16(25)24(23-15)8-7-21-18(26)13-4-3-12(19)9-14(13)20/h3-6,9H,7-8H2,1-2H3,(H,21,26). The van der Waals surface area contributed by atoms with Gasteiger partial charge in [0.15, 0.2) is 0 Å². The number of rotatable bonds is 5. The molecule has 0 atom stereocenters. The number of nitrogens with zero attached hydrogens (tertiary/aromatic N) is 3. The van der Waals surface area contributed by atoms with Crippen LogP contribution in [-0.2, 0) is 6.54 Å². The van der Waals surface area contributed by atoms with Gasteiger partial charge in [0.25, 0.3) is 11.5 Å². The number of amides is 1. The van der Waals surface area contributed by atoms with E-state index in [1.807, 2.05) is 13.8 Å². The summed E-state index contributed by atoms with van der Waals surface area (Å²) in [4.78, 5) is 29.2. The molecule has 0 fully saturated rings. The molecular formula is C18H16F2N4O2S. The monoisotopic (exact) mass is 390 g/mol. The average molecular weight is 390 g/mol. The summed E-state index contributed by atoms with van der Waals surface area (Å²) in [6.45, 7) is 3.93. The Hall–Kier alpha value is -2.94. The summed E-state index contributed by atoms with van der Waals surface area (Å²) in [7, 11) is 0. The van der Waals surface area contributed by atoms with Crippen LogP contribution in [0.1, 0.15) is 21.1 Å². The van der Waals surface area contributed by atoms with Crippen molar-refractivity contribution >= 4 is 17.2 Å². The first-order chi connectivity index (χ1) is 12.8. The van der Waals surface area contributed by atoms with Gasteiger partial charge >= 0.3 is 0 Å². The molecule has 140 valence electrons. The fraction of sp³-hybridized carbons (Fsp3) is 0.222. The summed E-state index contributed by atoms with van der Waals surface area (Å²) >= 11 is 1.48. The van der Waals surface area contributed by atoms with Crippen LogP contribution in [0.4, 0.5) is 8.78 Å². The molecular weight excluding hydrogens is 374 g/mol. The summed E-state index contributed by atoms with van der Waals surface area (Å²) in [5.74, 6) is -2.39. The topological polar surface area (TPSA) is 76.9 Å². The summed E-state index contributed by atoms with van der Waals surface area (Å²) in [6, 6.07) is 5.75. The van der Waals surface area contributed by atoms with E-state index in [2.05, 4.69) is 15.4 Å². The Kier molecular flexibility index (Phi) is 5.41. The van der Waals surface area contributed by atoms with E-state index < -0.39 is 17.5 Å². The van der Waals surface area contributed by atoms with Crippen LogP contribution in [0.2, 0.25) is 0 Å². The van der Waals surface area contributed by atoms with E-state index in [1.54, 1.807) is 6.07 Å². The van der Waals surface area contributed by atoms with Crippen molar-refractivity contribution in [3.63, 3.8) is 0 Å². The van der Waals surface area contributed by atoms with Crippen molar-refractivity contribution in [2.24, 2.45) is 0 Å². The van der Waals surface area contributed by atoms with Gasteiger partial charge in [0.1, 0.15) is 17.3 Å². The molecule has 9 heteroatoms. The third-order valence-electron chi connectivity index (χ3n) is 3.79. The Morgan fingerprint density at radius 1 is 1.22 bits per heavy atom. The molecule has 0 aliphatic carbocycles. The fourth-order valence-electron chi connectivity index (χ4n) is 2.54. The Labute approximate surface area is 157 Å². The number of thiazole rings is 1. The lowest BCUT2D eigenvalue weighted by Crippen LogP contribution is -2.32. The number of hydrogen-bond acceptors (Lipinski definition) is 5. The molecule has 2 aromatic heterocycles. The molecule has 0 aliphatic heterocycles. The first-order valence-corrected chi connectivity index (χ1v) is 8.92. The first kappa shape index (κ1) is 18.8. The van der Waals surface area contributed by atoms with Gasteiger partial charge in [-0.05, 0) is 32.0 Å². The highest BCUT2D eigenvalue weighted by Gasteiger charge is 2.13. The van der Waals surface area contributed by atoms with E-state index in [1.165, 1.54) is 22.1 Å². The van der Waals surface area contributed by atoms with Crippen LogP contribution in [-0.4, -0.2) is 27.2 Å². The maximum Gasteiger partial charge on any atom is 0.266 e. The molecule has 0 unspecified atom stereocenters. The second-order valence-electron chi connectivity index (χ2n) is 5.81. The maximum atomic E-state index is 13.6. The zero-order chi connectivity index (χ0) is 19.6. The molecule has 0 spiro atoms. The zero-order valence-electron chi connectivity index (χ0n) is 14.6. The predicted octanol–water partition coefficient (Wildman–Crippen LogP) is 2.69. The van der Waals surface area contributed by atoms with Gasteiger partial charge < -0.3 is 5.32 Å². The van der Waals surface area contributed by atoms with Crippen molar-refractivity contribution in [3.8, 4) is 10.6 Å². The van der Waals surface area contributed by atoms with Gasteiger partial charge in [-0.1, -0.05) is 0 Å². The van der Waals surface area contributed by atoms with Crippen molar-refractivity contribution in [1.29, 1.82) is 0 Å². The fourth-order valence-corrected chi connectivity index (χ4v) is 3.43. The molecule has 6 nitrogen and oxygen atoms in total. The van der Waals surface area contributed by atoms with Gasteiger partial charge in [-0.15, -0.1) is 11.3 Å². The zero-order valence-corrected chi connectivity index (χ0v) is 15.4. The molecule has 0 saturated heterocycles. The van der Waals surface area contributed by atoms with Gasteiger partial charge in [-0.2, -0.15) is 5.10 Å². The molecule has 0 saturated carbocycles. The lowest BCUT2D eigenvalue weighted by Gasteiger charge is -2.08. The summed E-state index contributed by atoms with van der Waals surface area (Å²) in [5.41, 5.74) is 0.866. The third-order valence-corrected chi connectivity index (χ3v) is 4.88. The largest absolute Gasteiger partial charge is 0.350 e. The normalized spacial score (nSPS) is 10.8. The number of halogens is 2. The van der Waals surface area contributed by atoms with Crippen LogP contribution in [0.3, 0.4) is 0 Å². The number of aryl methyl sites for hydroxylation is 2. The smallest absolute Gasteiger partial charge is 0.266 e. The highest BCUT2D eigenvalue weighted by Crippen LogP contribution is 2.27.